The largest absolute Gasteiger partial charge is 0.396 e. The third-order valence-electron chi connectivity index (χ3n) is 3.70. The zero-order chi connectivity index (χ0) is 14.7. The van der Waals surface area contributed by atoms with Crippen LogP contribution in [0.5, 0.6) is 0 Å². The molecule has 2 atom stereocenters. The lowest BCUT2D eigenvalue weighted by Crippen LogP contribution is -2.47. The lowest BCUT2D eigenvalue weighted by Gasteiger charge is -2.37. The van der Waals surface area contributed by atoms with E-state index >= 15 is 0 Å². The monoisotopic (exact) mass is 280 g/mol. The molecule has 1 amide bonds. The summed E-state index contributed by atoms with van der Waals surface area (Å²) in [6.07, 6.45) is 2.63. The van der Waals surface area contributed by atoms with Crippen LogP contribution in [0.25, 0.3) is 0 Å². The van der Waals surface area contributed by atoms with Crippen LogP contribution in [-0.4, -0.2) is 71.1 Å². The SMILES string of the molecule is Cc1cnc(C(=O)N2C[C@H](CO)C[C@H](CN(C)C)C2)[nH]1. The topological polar surface area (TPSA) is 72.5 Å². The number of imidazole rings is 1. The molecule has 20 heavy (non-hydrogen) atoms. The van der Waals surface area contributed by atoms with E-state index in [1.165, 1.54) is 0 Å². The summed E-state index contributed by atoms with van der Waals surface area (Å²) < 4.78 is 0. The van der Waals surface area contributed by atoms with Crippen LogP contribution < -0.4 is 0 Å². The maximum Gasteiger partial charge on any atom is 0.289 e. The molecule has 0 bridgehead atoms. The summed E-state index contributed by atoms with van der Waals surface area (Å²) >= 11 is 0. The summed E-state index contributed by atoms with van der Waals surface area (Å²) in [5.41, 5.74) is 0.883. The van der Waals surface area contributed by atoms with Crippen molar-refractivity contribution in [3.05, 3.63) is 17.7 Å². The number of aliphatic hydroxyl groups is 1. The Balaban J connectivity index is 2.07. The van der Waals surface area contributed by atoms with Gasteiger partial charge in [-0.15, -0.1) is 0 Å². The molecule has 2 heterocycles. The molecule has 1 aliphatic rings. The fraction of sp³-hybridized carbons (Fsp3) is 0.714. The van der Waals surface area contributed by atoms with E-state index in [1.807, 2.05) is 25.9 Å². The predicted molar refractivity (Wildman–Crippen MR) is 76.5 cm³/mol. The zero-order valence-corrected chi connectivity index (χ0v) is 12.5. The number of hydrogen-bond acceptors (Lipinski definition) is 4. The average molecular weight is 280 g/mol. The maximum atomic E-state index is 12.4. The number of aryl methyl sites for hydroxylation is 1. The number of aromatic amines is 1. The van der Waals surface area contributed by atoms with E-state index in [2.05, 4.69) is 14.9 Å². The van der Waals surface area contributed by atoms with Gasteiger partial charge in [-0.2, -0.15) is 0 Å². The van der Waals surface area contributed by atoms with Gasteiger partial charge in [0.15, 0.2) is 5.82 Å². The molecule has 1 aromatic rings. The van der Waals surface area contributed by atoms with Crippen LogP contribution in [-0.2, 0) is 0 Å². The second-order valence-corrected chi connectivity index (χ2v) is 6.04. The Morgan fingerprint density at radius 1 is 1.50 bits per heavy atom. The standard InChI is InChI=1S/C14H24N4O2/c1-10-5-15-13(16-10)14(20)18-7-11(6-17(2)3)4-12(8-18)9-19/h5,11-12,19H,4,6-9H2,1-3H3,(H,15,16)/t11-,12-/m1/s1. The number of likely N-dealkylation sites (tertiary alicyclic amines) is 1. The Bertz CT molecular complexity index is 458. The van der Waals surface area contributed by atoms with E-state index in [1.54, 1.807) is 6.20 Å². The van der Waals surface area contributed by atoms with Crippen molar-refractivity contribution in [1.82, 2.24) is 19.8 Å². The molecular formula is C14H24N4O2. The van der Waals surface area contributed by atoms with E-state index in [0.29, 0.717) is 18.3 Å². The molecule has 2 rings (SSSR count). The van der Waals surface area contributed by atoms with Gasteiger partial charge in [0.2, 0.25) is 0 Å². The molecule has 6 nitrogen and oxygen atoms in total. The maximum absolute atomic E-state index is 12.4. The average Bonchev–Trinajstić information content (AvgIpc) is 2.83. The lowest BCUT2D eigenvalue weighted by molar-refractivity contribution is 0.0468. The summed E-state index contributed by atoms with van der Waals surface area (Å²) in [5, 5.41) is 9.44. The van der Waals surface area contributed by atoms with Crippen LogP contribution in [0.3, 0.4) is 0 Å². The van der Waals surface area contributed by atoms with Crippen molar-refractivity contribution in [2.45, 2.75) is 13.3 Å². The van der Waals surface area contributed by atoms with Crippen LogP contribution in [0.15, 0.2) is 6.20 Å². The highest BCUT2D eigenvalue weighted by Gasteiger charge is 2.31. The molecule has 112 valence electrons. The van der Waals surface area contributed by atoms with Gasteiger partial charge in [0.25, 0.3) is 5.91 Å². The molecule has 1 aromatic heterocycles. The van der Waals surface area contributed by atoms with Crippen molar-refractivity contribution in [2.24, 2.45) is 11.8 Å². The van der Waals surface area contributed by atoms with Crippen LogP contribution in [0.2, 0.25) is 0 Å². The third kappa shape index (κ3) is 3.58. The second kappa shape index (κ2) is 6.37. The summed E-state index contributed by atoms with van der Waals surface area (Å²) in [4.78, 5) is 23.5. The van der Waals surface area contributed by atoms with Crippen LogP contribution in [0, 0.1) is 18.8 Å². The number of nitrogens with one attached hydrogen (secondary N) is 1. The molecule has 1 fully saturated rings. The molecule has 1 aliphatic heterocycles. The molecule has 0 spiro atoms. The van der Waals surface area contributed by atoms with Crippen LogP contribution in [0.1, 0.15) is 22.7 Å². The van der Waals surface area contributed by atoms with E-state index in [9.17, 15) is 9.90 Å². The second-order valence-electron chi connectivity index (χ2n) is 6.04. The first-order valence-corrected chi connectivity index (χ1v) is 7.06. The minimum atomic E-state index is -0.0694. The van der Waals surface area contributed by atoms with Gasteiger partial charge in [0.05, 0.1) is 0 Å². The molecule has 1 saturated heterocycles. The summed E-state index contributed by atoms with van der Waals surface area (Å²) in [7, 11) is 4.06. The van der Waals surface area contributed by atoms with Crippen molar-refractivity contribution in [1.29, 1.82) is 0 Å². The number of nitrogens with zero attached hydrogens (tertiary/aromatic N) is 3. The first-order chi connectivity index (χ1) is 9.49. The van der Waals surface area contributed by atoms with Gasteiger partial charge < -0.3 is 19.9 Å². The van der Waals surface area contributed by atoms with E-state index < -0.39 is 0 Å². The lowest BCUT2D eigenvalue weighted by atomic mass is 9.89. The van der Waals surface area contributed by atoms with Gasteiger partial charge in [0.1, 0.15) is 0 Å². The number of aromatic nitrogens is 2. The smallest absolute Gasteiger partial charge is 0.289 e. The van der Waals surface area contributed by atoms with Crippen molar-refractivity contribution >= 4 is 5.91 Å². The van der Waals surface area contributed by atoms with Crippen molar-refractivity contribution < 1.29 is 9.90 Å². The number of rotatable bonds is 4. The number of H-pyrrole nitrogens is 1. The predicted octanol–water partition coefficient (Wildman–Crippen LogP) is 0.350. The molecule has 0 radical (unpaired) electrons. The van der Waals surface area contributed by atoms with Crippen LogP contribution in [0.4, 0.5) is 0 Å². The summed E-state index contributed by atoms with van der Waals surface area (Å²) in [6.45, 7) is 4.28. The highest BCUT2D eigenvalue weighted by molar-refractivity contribution is 5.90. The minimum Gasteiger partial charge on any atom is -0.396 e. The minimum absolute atomic E-state index is 0.0694. The fourth-order valence-electron chi connectivity index (χ4n) is 2.94. The highest BCUT2D eigenvalue weighted by atomic mass is 16.3. The number of hydrogen-bond donors (Lipinski definition) is 2. The van der Waals surface area contributed by atoms with E-state index in [4.69, 9.17) is 0 Å². The van der Waals surface area contributed by atoms with Gasteiger partial charge in [-0.3, -0.25) is 4.79 Å². The Morgan fingerprint density at radius 2 is 2.20 bits per heavy atom. The van der Waals surface area contributed by atoms with Crippen molar-refractivity contribution in [3.8, 4) is 0 Å². The normalized spacial score (nSPS) is 23.4. The summed E-state index contributed by atoms with van der Waals surface area (Å²) in [5.74, 6) is 0.884. The Morgan fingerprint density at radius 3 is 2.75 bits per heavy atom. The number of amides is 1. The van der Waals surface area contributed by atoms with Crippen molar-refractivity contribution in [2.75, 3.05) is 40.3 Å². The van der Waals surface area contributed by atoms with Gasteiger partial charge in [-0.25, -0.2) is 4.98 Å². The fourth-order valence-corrected chi connectivity index (χ4v) is 2.94. The van der Waals surface area contributed by atoms with Gasteiger partial charge >= 0.3 is 0 Å². The quantitative estimate of drug-likeness (QED) is 0.835. The Hall–Kier alpha value is -1.40. The number of carbonyl (C=O) groups excluding carboxylic acids is 1. The van der Waals surface area contributed by atoms with Crippen molar-refractivity contribution in [3.63, 3.8) is 0 Å². The van der Waals surface area contributed by atoms with E-state index in [0.717, 1.165) is 25.2 Å². The van der Waals surface area contributed by atoms with Gasteiger partial charge in [0, 0.05) is 38.1 Å². The first-order valence-electron chi connectivity index (χ1n) is 7.06. The third-order valence-corrected chi connectivity index (χ3v) is 3.70. The Labute approximate surface area is 119 Å². The molecule has 0 unspecified atom stereocenters. The zero-order valence-electron chi connectivity index (χ0n) is 12.5. The number of aliphatic hydroxyl groups excluding tert-OH is 1. The highest BCUT2D eigenvalue weighted by Crippen LogP contribution is 2.23. The number of piperidine rings is 1. The molecule has 0 aromatic carbocycles. The summed E-state index contributed by atoms with van der Waals surface area (Å²) in [6, 6.07) is 0. The van der Waals surface area contributed by atoms with E-state index in [-0.39, 0.29) is 18.4 Å². The van der Waals surface area contributed by atoms with Gasteiger partial charge in [-0.05, 0) is 39.3 Å². The molecule has 6 heteroatoms. The number of carbonyl (C=O) groups is 1. The molecule has 0 aliphatic carbocycles. The molecular weight excluding hydrogens is 256 g/mol. The van der Waals surface area contributed by atoms with Gasteiger partial charge in [-0.1, -0.05) is 0 Å². The Kier molecular flexibility index (Phi) is 4.77. The molecule has 0 saturated carbocycles. The van der Waals surface area contributed by atoms with Crippen LogP contribution >= 0.6 is 0 Å². The first kappa shape index (κ1) is 15.0. The molecule has 2 N–H and O–H groups in total.